The van der Waals surface area contributed by atoms with Crippen molar-refractivity contribution in [1.82, 2.24) is 4.90 Å². The minimum atomic E-state index is 0.256. The monoisotopic (exact) mass is 291 g/mol. The highest BCUT2D eigenvalue weighted by Gasteiger charge is 2.21. The van der Waals surface area contributed by atoms with Crippen LogP contribution in [0.5, 0.6) is 0 Å². The number of ether oxygens (including phenoxy) is 1. The molecule has 1 fully saturated rings. The summed E-state index contributed by atoms with van der Waals surface area (Å²) in [5.41, 5.74) is 8.51. The molecule has 2 rings (SSSR count). The number of hydrogen-bond donors (Lipinski definition) is 1. The van der Waals surface area contributed by atoms with E-state index in [2.05, 4.69) is 55.2 Å². The van der Waals surface area contributed by atoms with Crippen molar-refractivity contribution < 1.29 is 4.74 Å². The first-order chi connectivity index (χ1) is 10.1. The number of nitrogens with two attached hydrogens (primary N) is 1. The molecule has 2 N–H and O–H groups in total. The number of benzene rings is 1. The first-order valence-corrected chi connectivity index (χ1v) is 7.91. The maximum atomic E-state index is 6.02. The third-order valence-electron chi connectivity index (χ3n) is 4.32. The maximum absolute atomic E-state index is 6.02. The van der Waals surface area contributed by atoms with Crippen LogP contribution in [0.25, 0.3) is 0 Å². The number of likely N-dealkylation sites (N-methyl/N-ethyl adjacent to an activating group) is 1. The lowest BCUT2D eigenvalue weighted by Crippen LogP contribution is -2.38. The molecule has 2 unspecified atom stereocenters. The molecule has 21 heavy (non-hydrogen) atoms. The molecule has 0 bridgehead atoms. The average Bonchev–Trinajstić information content (AvgIpc) is 2.49. The van der Waals surface area contributed by atoms with Crippen molar-refractivity contribution >= 4 is 5.69 Å². The van der Waals surface area contributed by atoms with Crippen LogP contribution in [0.3, 0.4) is 0 Å². The SMILES string of the molecule is CN(C)c1ccc(C(CN)N(C)CC2CCCCO2)cc1. The molecule has 1 saturated heterocycles. The Morgan fingerprint density at radius 3 is 2.43 bits per heavy atom. The molecule has 4 nitrogen and oxygen atoms in total. The normalized spacial score (nSPS) is 20.5. The topological polar surface area (TPSA) is 41.7 Å². The van der Waals surface area contributed by atoms with E-state index in [1.165, 1.54) is 30.5 Å². The van der Waals surface area contributed by atoms with Crippen molar-refractivity contribution in [2.24, 2.45) is 5.73 Å². The standard InChI is InChI=1S/C17H29N3O/c1-19(2)15-9-7-14(8-10-15)17(12-18)20(3)13-16-6-4-5-11-21-16/h7-10,16-17H,4-6,11-13,18H2,1-3H3. The molecule has 0 radical (unpaired) electrons. The molecule has 0 amide bonds. The van der Waals surface area contributed by atoms with Gasteiger partial charge in [-0.05, 0) is 44.0 Å². The minimum absolute atomic E-state index is 0.256. The summed E-state index contributed by atoms with van der Waals surface area (Å²) >= 11 is 0. The highest BCUT2D eigenvalue weighted by Crippen LogP contribution is 2.23. The highest BCUT2D eigenvalue weighted by atomic mass is 16.5. The van der Waals surface area contributed by atoms with Gasteiger partial charge in [0, 0.05) is 45.5 Å². The van der Waals surface area contributed by atoms with Gasteiger partial charge in [0.05, 0.1) is 6.10 Å². The zero-order valence-electron chi connectivity index (χ0n) is 13.6. The van der Waals surface area contributed by atoms with Gasteiger partial charge in [0.15, 0.2) is 0 Å². The van der Waals surface area contributed by atoms with Gasteiger partial charge in [0.1, 0.15) is 0 Å². The zero-order valence-corrected chi connectivity index (χ0v) is 13.6. The van der Waals surface area contributed by atoms with E-state index in [1.54, 1.807) is 0 Å². The van der Waals surface area contributed by atoms with Gasteiger partial charge in [-0.1, -0.05) is 12.1 Å². The Morgan fingerprint density at radius 2 is 1.90 bits per heavy atom. The van der Waals surface area contributed by atoms with Gasteiger partial charge in [-0.25, -0.2) is 0 Å². The highest BCUT2D eigenvalue weighted by molar-refractivity contribution is 5.46. The van der Waals surface area contributed by atoms with Crippen LogP contribution in [-0.4, -0.2) is 51.8 Å². The number of rotatable bonds is 6. The second-order valence-corrected chi connectivity index (χ2v) is 6.17. The maximum Gasteiger partial charge on any atom is 0.0702 e. The van der Waals surface area contributed by atoms with Gasteiger partial charge in [0.2, 0.25) is 0 Å². The van der Waals surface area contributed by atoms with Crippen LogP contribution in [0.2, 0.25) is 0 Å². The van der Waals surface area contributed by atoms with E-state index in [0.717, 1.165) is 13.2 Å². The molecular formula is C17H29N3O. The summed E-state index contributed by atoms with van der Waals surface area (Å²) in [6.45, 7) is 2.49. The summed E-state index contributed by atoms with van der Waals surface area (Å²) in [6.07, 6.45) is 4.01. The fraction of sp³-hybridized carbons (Fsp3) is 0.647. The molecule has 4 heteroatoms. The Bertz CT molecular complexity index is 413. The van der Waals surface area contributed by atoms with Gasteiger partial charge in [-0.2, -0.15) is 0 Å². The molecule has 1 aromatic carbocycles. The molecule has 0 aliphatic carbocycles. The van der Waals surface area contributed by atoms with E-state index >= 15 is 0 Å². The second-order valence-electron chi connectivity index (χ2n) is 6.17. The van der Waals surface area contributed by atoms with Crippen LogP contribution >= 0.6 is 0 Å². The van der Waals surface area contributed by atoms with Crippen LogP contribution in [0.4, 0.5) is 5.69 Å². The van der Waals surface area contributed by atoms with Crippen LogP contribution in [0.15, 0.2) is 24.3 Å². The molecule has 1 aromatic rings. The molecular weight excluding hydrogens is 262 g/mol. The summed E-state index contributed by atoms with van der Waals surface area (Å²) < 4.78 is 5.84. The Balaban J connectivity index is 2.00. The van der Waals surface area contributed by atoms with Gasteiger partial charge >= 0.3 is 0 Å². The molecule has 1 aliphatic rings. The van der Waals surface area contributed by atoms with Crippen molar-refractivity contribution in [3.8, 4) is 0 Å². The number of nitrogens with zero attached hydrogens (tertiary/aromatic N) is 2. The Morgan fingerprint density at radius 1 is 1.19 bits per heavy atom. The lowest BCUT2D eigenvalue weighted by Gasteiger charge is -2.32. The summed E-state index contributed by atoms with van der Waals surface area (Å²) in [7, 11) is 6.26. The third-order valence-corrected chi connectivity index (χ3v) is 4.32. The van der Waals surface area contributed by atoms with Gasteiger partial charge in [-0.15, -0.1) is 0 Å². The lowest BCUT2D eigenvalue weighted by molar-refractivity contribution is -0.00777. The van der Waals surface area contributed by atoms with E-state index in [4.69, 9.17) is 10.5 Å². The molecule has 118 valence electrons. The van der Waals surface area contributed by atoms with E-state index in [-0.39, 0.29) is 6.04 Å². The van der Waals surface area contributed by atoms with E-state index < -0.39 is 0 Å². The largest absolute Gasteiger partial charge is 0.378 e. The van der Waals surface area contributed by atoms with Crippen molar-refractivity contribution in [3.63, 3.8) is 0 Å². The van der Waals surface area contributed by atoms with Crippen molar-refractivity contribution in [2.45, 2.75) is 31.4 Å². The van der Waals surface area contributed by atoms with Crippen molar-refractivity contribution in [1.29, 1.82) is 0 Å². The Kier molecular flexibility index (Phi) is 6.03. The predicted molar refractivity (Wildman–Crippen MR) is 88.8 cm³/mol. The first kappa shape index (κ1) is 16.3. The van der Waals surface area contributed by atoms with Gasteiger partial charge in [0.25, 0.3) is 0 Å². The number of anilines is 1. The summed E-state index contributed by atoms with van der Waals surface area (Å²) in [4.78, 5) is 4.45. The van der Waals surface area contributed by atoms with Gasteiger partial charge in [-0.3, -0.25) is 4.90 Å². The van der Waals surface area contributed by atoms with Crippen LogP contribution in [0.1, 0.15) is 30.9 Å². The summed E-state index contributed by atoms with van der Waals surface area (Å²) in [5.74, 6) is 0. The molecule has 1 heterocycles. The van der Waals surface area contributed by atoms with E-state index in [0.29, 0.717) is 12.6 Å². The van der Waals surface area contributed by atoms with Crippen LogP contribution in [-0.2, 0) is 4.74 Å². The molecule has 1 aliphatic heterocycles. The first-order valence-electron chi connectivity index (χ1n) is 7.91. The third kappa shape index (κ3) is 4.43. The molecule has 2 atom stereocenters. The van der Waals surface area contributed by atoms with Crippen molar-refractivity contribution in [3.05, 3.63) is 29.8 Å². The average molecular weight is 291 g/mol. The summed E-state index contributed by atoms with van der Waals surface area (Å²) in [6, 6.07) is 8.94. The predicted octanol–water partition coefficient (Wildman–Crippen LogP) is 2.25. The quantitative estimate of drug-likeness (QED) is 0.873. The Hall–Kier alpha value is -1.10. The fourth-order valence-electron chi connectivity index (χ4n) is 2.96. The van der Waals surface area contributed by atoms with E-state index in [1.807, 2.05) is 0 Å². The fourth-order valence-corrected chi connectivity index (χ4v) is 2.96. The zero-order chi connectivity index (χ0) is 15.2. The molecule has 0 aromatic heterocycles. The molecule has 0 spiro atoms. The minimum Gasteiger partial charge on any atom is -0.378 e. The van der Waals surface area contributed by atoms with Gasteiger partial charge < -0.3 is 15.4 Å². The van der Waals surface area contributed by atoms with Crippen molar-refractivity contribution in [2.75, 3.05) is 45.7 Å². The second kappa shape index (κ2) is 7.78. The van der Waals surface area contributed by atoms with E-state index in [9.17, 15) is 0 Å². The lowest BCUT2D eigenvalue weighted by atomic mass is 10.0. The van der Waals surface area contributed by atoms with Crippen LogP contribution < -0.4 is 10.6 Å². The van der Waals surface area contributed by atoms with Crippen LogP contribution in [0, 0.1) is 0 Å². The number of hydrogen-bond acceptors (Lipinski definition) is 4. The summed E-state index contributed by atoms with van der Waals surface area (Å²) in [5, 5.41) is 0. The Labute approximate surface area is 128 Å². The smallest absolute Gasteiger partial charge is 0.0702 e. The molecule has 0 saturated carbocycles.